The van der Waals surface area contributed by atoms with Crippen LogP contribution in [0.25, 0.3) is 11.0 Å². The Morgan fingerprint density at radius 1 is 1.12 bits per heavy atom. The first-order valence-corrected chi connectivity index (χ1v) is 7.04. The quantitative estimate of drug-likeness (QED) is 0.452. The molecule has 0 bridgehead atoms. The predicted molar refractivity (Wildman–Crippen MR) is 88.3 cm³/mol. The van der Waals surface area contributed by atoms with E-state index in [0.29, 0.717) is 22.2 Å². The van der Waals surface area contributed by atoms with E-state index in [4.69, 9.17) is 4.42 Å². The van der Waals surface area contributed by atoms with E-state index in [1.807, 2.05) is 0 Å². The highest BCUT2D eigenvalue weighted by Crippen LogP contribution is 2.21. The first kappa shape index (κ1) is 15.4. The summed E-state index contributed by atoms with van der Waals surface area (Å²) < 4.78 is 5.02. The van der Waals surface area contributed by atoms with Gasteiger partial charge >= 0.3 is 5.63 Å². The van der Waals surface area contributed by atoms with Crippen molar-refractivity contribution in [3.63, 3.8) is 0 Å². The fourth-order valence-electron chi connectivity index (χ4n) is 2.30. The molecule has 0 saturated heterocycles. The highest BCUT2D eigenvalue weighted by atomic mass is 16.6. The lowest BCUT2D eigenvalue weighted by Crippen LogP contribution is -2.12. The highest BCUT2D eigenvalue weighted by molar-refractivity contribution is 6.05. The number of nitro groups is 1. The van der Waals surface area contributed by atoms with Crippen molar-refractivity contribution in [1.29, 1.82) is 0 Å². The number of anilines is 1. The fraction of sp³-hybridized carbons (Fsp3) is 0.0588. The number of carbonyl (C=O) groups is 1. The van der Waals surface area contributed by atoms with Crippen LogP contribution < -0.4 is 10.9 Å². The molecule has 0 fully saturated rings. The van der Waals surface area contributed by atoms with Crippen molar-refractivity contribution in [3.05, 3.63) is 80.2 Å². The van der Waals surface area contributed by atoms with Gasteiger partial charge in [-0.25, -0.2) is 4.79 Å². The van der Waals surface area contributed by atoms with Crippen LogP contribution in [0.5, 0.6) is 0 Å². The standard InChI is InChI=1S/C17H12N2O5/c1-10-2-3-12(9-14(10)19(22)23)17(21)18-13-5-6-15-11(8-13)4-7-16(20)24-15/h2-9H,1H3,(H,18,21). The Kier molecular flexibility index (Phi) is 3.83. The largest absolute Gasteiger partial charge is 0.423 e. The molecule has 3 aromatic rings. The lowest BCUT2D eigenvalue weighted by atomic mass is 10.1. The second-order valence-corrected chi connectivity index (χ2v) is 5.22. The first-order valence-electron chi connectivity index (χ1n) is 7.04. The van der Waals surface area contributed by atoms with Crippen LogP contribution in [-0.2, 0) is 0 Å². The minimum atomic E-state index is -0.524. The van der Waals surface area contributed by atoms with Gasteiger partial charge in [-0.3, -0.25) is 14.9 Å². The van der Waals surface area contributed by atoms with Crippen molar-refractivity contribution in [1.82, 2.24) is 0 Å². The molecule has 0 aliphatic rings. The molecule has 120 valence electrons. The van der Waals surface area contributed by atoms with E-state index in [0.717, 1.165) is 0 Å². The molecule has 3 rings (SSSR count). The average molecular weight is 324 g/mol. The predicted octanol–water partition coefficient (Wildman–Crippen LogP) is 3.26. The van der Waals surface area contributed by atoms with Crippen molar-refractivity contribution in [2.45, 2.75) is 6.92 Å². The SMILES string of the molecule is Cc1ccc(C(=O)Nc2ccc3oc(=O)ccc3c2)cc1[N+](=O)[O-]. The summed E-state index contributed by atoms with van der Waals surface area (Å²) >= 11 is 0. The van der Waals surface area contributed by atoms with Gasteiger partial charge in [-0.05, 0) is 37.3 Å². The van der Waals surface area contributed by atoms with Crippen LogP contribution in [0.3, 0.4) is 0 Å². The maximum absolute atomic E-state index is 12.3. The number of fused-ring (bicyclic) bond motifs is 1. The van der Waals surface area contributed by atoms with E-state index >= 15 is 0 Å². The zero-order valence-electron chi connectivity index (χ0n) is 12.6. The second kappa shape index (κ2) is 5.96. The minimum Gasteiger partial charge on any atom is -0.423 e. The van der Waals surface area contributed by atoms with Crippen LogP contribution >= 0.6 is 0 Å². The Morgan fingerprint density at radius 2 is 1.92 bits per heavy atom. The minimum absolute atomic E-state index is 0.108. The summed E-state index contributed by atoms with van der Waals surface area (Å²) in [6.45, 7) is 1.61. The molecule has 1 aromatic heterocycles. The molecule has 0 atom stereocenters. The molecule has 7 heteroatoms. The molecule has 7 nitrogen and oxygen atoms in total. The zero-order valence-corrected chi connectivity index (χ0v) is 12.6. The molecule has 0 radical (unpaired) electrons. The summed E-state index contributed by atoms with van der Waals surface area (Å²) in [5, 5.41) is 14.3. The van der Waals surface area contributed by atoms with Gasteiger partial charge in [-0.15, -0.1) is 0 Å². The number of amides is 1. The number of carbonyl (C=O) groups excluding carboxylic acids is 1. The Labute approximate surface area is 135 Å². The third-order valence-corrected chi connectivity index (χ3v) is 3.55. The van der Waals surface area contributed by atoms with E-state index in [2.05, 4.69) is 5.32 Å². The maximum Gasteiger partial charge on any atom is 0.336 e. The van der Waals surface area contributed by atoms with Gasteiger partial charge < -0.3 is 9.73 Å². The number of nitrogens with zero attached hydrogens (tertiary/aromatic N) is 1. The third kappa shape index (κ3) is 3.00. The average Bonchev–Trinajstić information content (AvgIpc) is 2.55. The van der Waals surface area contributed by atoms with Gasteiger partial charge in [-0.2, -0.15) is 0 Å². The Morgan fingerprint density at radius 3 is 2.67 bits per heavy atom. The van der Waals surface area contributed by atoms with Gasteiger partial charge in [0.05, 0.1) is 4.92 Å². The lowest BCUT2D eigenvalue weighted by molar-refractivity contribution is -0.385. The van der Waals surface area contributed by atoms with Gasteiger partial charge in [0.1, 0.15) is 5.58 Å². The number of nitro benzene ring substituents is 1. The summed E-state index contributed by atoms with van der Waals surface area (Å²) in [6, 6.07) is 12.0. The smallest absolute Gasteiger partial charge is 0.336 e. The van der Waals surface area contributed by atoms with E-state index < -0.39 is 16.5 Å². The number of aryl methyl sites for hydroxylation is 1. The molecule has 1 heterocycles. The van der Waals surface area contributed by atoms with Gasteiger partial charge in [0, 0.05) is 34.3 Å². The topological polar surface area (TPSA) is 102 Å². The van der Waals surface area contributed by atoms with Gasteiger partial charge in [-0.1, -0.05) is 6.07 Å². The monoisotopic (exact) mass is 324 g/mol. The molecular weight excluding hydrogens is 312 g/mol. The normalized spacial score (nSPS) is 10.5. The molecule has 1 amide bonds. The number of hydrogen-bond acceptors (Lipinski definition) is 5. The second-order valence-electron chi connectivity index (χ2n) is 5.22. The Bertz CT molecular complexity index is 1020. The van der Waals surface area contributed by atoms with Gasteiger partial charge in [0.25, 0.3) is 11.6 Å². The first-order chi connectivity index (χ1) is 11.4. The fourth-order valence-corrected chi connectivity index (χ4v) is 2.30. The summed E-state index contributed by atoms with van der Waals surface area (Å²) in [5.41, 5.74) is 1.01. The third-order valence-electron chi connectivity index (χ3n) is 3.55. The van der Waals surface area contributed by atoms with Crippen LogP contribution in [0.2, 0.25) is 0 Å². The van der Waals surface area contributed by atoms with Crippen molar-refractivity contribution in [3.8, 4) is 0 Å². The summed E-state index contributed by atoms with van der Waals surface area (Å²) in [7, 11) is 0. The van der Waals surface area contributed by atoms with Crippen molar-refractivity contribution in [2.75, 3.05) is 5.32 Å². The van der Waals surface area contributed by atoms with Crippen LogP contribution in [0, 0.1) is 17.0 Å². The lowest BCUT2D eigenvalue weighted by Gasteiger charge is -2.07. The van der Waals surface area contributed by atoms with Crippen LogP contribution in [0.15, 0.2) is 57.7 Å². The van der Waals surface area contributed by atoms with Crippen LogP contribution in [-0.4, -0.2) is 10.8 Å². The highest BCUT2D eigenvalue weighted by Gasteiger charge is 2.15. The van der Waals surface area contributed by atoms with Gasteiger partial charge in [0.15, 0.2) is 0 Å². The summed E-state index contributed by atoms with van der Waals surface area (Å²) in [6.07, 6.45) is 0. The van der Waals surface area contributed by atoms with Crippen LogP contribution in [0.4, 0.5) is 11.4 Å². The Balaban J connectivity index is 1.89. The molecule has 1 N–H and O–H groups in total. The van der Waals surface area contributed by atoms with E-state index in [1.54, 1.807) is 31.2 Å². The maximum atomic E-state index is 12.3. The molecule has 0 aliphatic heterocycles. The zero-order chi connectivity index (χ0) is 17.3. The molecular formula is C17H12N2O5. The van der Waals surface area contributed by atoms with Crippen molar-refractivity contribution >= 4 is 28.3 Å². The number of rotatable bonds is 3. The Hall–Kier alpha value is -3.48. The van der Waals surface area contributed by atoms with Crippen LogP contribution in [0.1, 0.15) is 15.9 Å². The van der Waals surface area contributed by atoms with E-state index in [-0.39, 0.29) is 11.3 Å². The van der Waals surface area contributed by atoms with Crippen molar-refractivity contribution in [2.24, 2.45) is 0 Å². The molecule has 0 spiro atoms. The number of nitrogens with one attached hydrogen (secondary N) is 1. The summed E-state index contributed by atoms with van der Waals surface area (Å²) in [5.74, 6) is -0.463. The van der Waals surface area contributed by atoms with E-state index in [9.17, 15) is 19.7 Å². The molecule has 0 unspecified atom stereocenters. The molecule has 0 aliphatic carbocycles. The molecule has 24 heavy (non-hydrogen) atoms. The summed E-state index contributed by atoms with van der Waals surface area (Å²) in [4.78, 5) is 33.9. The number of hydrogen-bond donors (Lipinski definition) is 1. The number of benzene rings is 2. The molecule has 0 saturated carbocycles. The van der Waals surface area contributed by atoms with E-state index in [1.165, 1.54) is 24.3 Å². The van der Waals surface area contributed by atoms with Gasteiger partial charge in [0.2, 0.25) is 0 Å². The van der Waals surface area contributed by atoms with Crippen molar-refractivity contribution < 1.29 is 14.1 Å². The molecule has 2 aromatic carbocycles.